The van der Waals surface area contributed by atoms with E-state index in [2.05, 4.69) is 99.4 Å². The minimum atomic E-state index is -2.12. The molecule has 0 saturated heterocycles. The molecule has 7 heteroatoms. The van der Waals surface area contributed by atoms with E-state index in [-0.39, 0.29) is 31.3 Å². The molecule has 0 aliphatic carbocycles. The number of hydrogen-bond donors (Lipinski definition) is 0. The van der Waals surface area contributed by atoms with E-state index in [1.54, 1.807) is 18.3 Å². The van der Waals surface area contributed by atoms with Crippen LogP contribution in [0, 0.1) is 24.8 Å². The third-order valence-corrected chi connectivity index (χ3v) is 13.6. The fraction of sp³-hybridized carbons (Fsp3) is 0.250. The maximum Gasteiger partial charge on any atom is 0.131 e. The van der Waals surface area contributed by atoms with Crippen molar-refractivity contribution in [3.63, 3.8) is 0 Å². The number of para-hydroxylation sites is 2. The molecular weight excluding hydrogens is 970 g/mol. The number of nitrogens with zero attached hydrogens (tertiary/aromatic N) is 3. The Bertz CT molecular complexity index is 3150. The van der Waals surface area contributed by atoms with Gasteiger partial charge in [-0.25, -0.2) is 4.39 Å². The molecule has 0 amide bonds. The summed E-state index contributed by atoms with van der Waals surface area (Å²) >= 11 is 0. The molecular formula is C56H56FIrN3OSi-2. The maximum absolute atomic E-state index is 15.6. The van der Waals surface area contributed by atoms with Gasteiger partial charge in [-0.05, 0) is 70.0 Å². The summed E-state index contributed by atoms with van der Waals surface area (Å²) in [5, 5.41) is 3.05. The van der Waals surface area contributed by atoms with Crippen LogP contribution in [-0.2, 0) is 25.5 Å². The quantitative estimate of drug-likeness (QED) is 0.118. The number of furan rings is 1. The summed E-state index contributed by atoms with van der Waals surface area (Å²) in [6, 6.07) is 45.7. The van der Waals surface area contributed by atoms with E-state index in [4.69, 9.17) is 13.5 Å². The predicted octanol–water partition coefficient (Wildman–Crippen LogP) is 15.1. The average Bonchev–Trinajstić information content (AvgIpc) is 3.83. The molecule has 0 spiro atoms. The van der Waals surface area contributed by atoms with Gasteiger partial charge in [-0.1, -0.05) is 158 Å². The summed E-state index contributed by atoms with van der Waals surface area (Å²) in [4.78, 5) is 9.53. The Morgan fingerprint density at radius 3 is 2.11 bits per heavy atom. The van der Waals surface area contributed by atoms with Gasteiger partial charge in [0.05, 0.1) is 30.5 Å². The smallest absolute Gasteiger partial charge is 0.131 e. The van der Waals surface area contributed by atoms with E-state index in [0.717, 1.165) is 55.6 Å². The van der Waals surface area contributed by atoms with Crippen molar-refractivity contribution in [2.45, 2.75) is 92.2 Å². The molecule has 0 aliphatic rings. The second-order valence-electron chi connectivity index (χ2n) is 18.9. The molecule has 3 aromatic heterocycles. The Kier molecular flexibility index (Phi) is 11.8. The van der Waals surface area contributed by atoms with E-state index in [1.807, 2.05) is 99.6 Å². The van der Waals surface area contributed by atoms with Crippen molar-refractivity contribution in [3.8, 4) is 39.5 Å². The molecule has 3 heterocycles. The van der Waals surface area contributed by atoms with E-state index in [1.165, 1.54) is 22.0 Å². The van der Waals surface area contributed by atoms with Crippen molar-refractivity contribution in [3.05, 3.63) is 168 Å². The van der Waals surface area contributed by atoms with Crippen LogP contribution in [-0.4, -0.2) is 22.6 Å². The number of hydrogen-bond acceptors (Lipinski definition) is 3. The van der Waals surface area contributed by atoms with E-state index in [0.29, 0.717) is 34.1 Å². The number of pyridine rings is 1. The van der Waals surface area contributed by atoms with E-state index in [9.17, 15) is 0 Å². The summed E-state index contributed by atoms with van der Waals surface area (Å²) in [6.45, 7) is 20.3. The molecule has 9 rings (SSSR count). The number of fused-ring (bicyclic) bond motifs is 4. The van der Waals surface area contributed by atoms with Crippen LogP contribution in [0.25, 0.3) is 72.4 Å². The third kappa shape index (κ3) is 9.02. The van der Waals surface area contributed by atoms with Crippen LogP contribution in [0.2, 0.25) is 19.6 Å². The van der Waals surface area contributed by atoms with Crippen LogP contribution < -0.4 is 5.19 Å². The molecule has 0 N–H and O–H groups in total. The fourth-order valence-corrected chi connectivity index (χ4v) is 9.40. The van der Waals surface area contributed by atoms with Gasteiger partial charge in [-0.2, -0.15) is 0 Å². The summed E-state index contributed by atoms with van der Waals surface area (Å²) in [5.41, 5.74) is 11.7. The van der Waals surface area contributed by atoms with Gasteiger partial charge in [0.25, 0.3) is 0 Å². The number of halogens is 1. The van der Waals surface area contributed by atoms with Crippen LogP contribution in [0.15, 0.2) is 132 Å². The van der Waals surface area contributed by atoms with Crippen LogP contribution >= 0.6 is 0 Å². The normalized spacial score (nSPS) is 12.9. The van der Waals surface area contributed by atoms with Crippen LogP contribution in [0.4, 0.5) is 4.39 Å². The molecule has 6 aromatic carbocycles. The third-order valence-electron chi connectivity index (χ3n) is 11.6. The monoisotopic (exact) mass is 1030 g/mol. The van der Waals surface area contributed by atoms with Gasteiger partial charge in [-0.15, -0.1) is 53.1 Å². The maximum atomic E-state index is 15.6. The summed E-state index contributed by atoms with van der Waals surface area (Å²) in [5.74, 6) is 1.10. The van der Waals surface area contributed by atoms with Crippen LogP contribution in [0.5, 0.6) is 0 Å². The van der Waals surface area contributed by atoms with Gasteiger partial charge in [0.2, 0.25) is 0 Å². The number of rotatable bonds is 7. The van der Waals surface area contributed by atoms with Gasteiger partial charge < -0.3 is 14.0 Å². The molecule has 0 fully saturated rings. The van der Waals surface area contributed by atoms with E-state index >= 15 is 4.39 Å². The Morgan fingerprint density at radius 1 is 0.794 bits per heavy atom. The number of aromatic nitrogens is 3. The zero-order valence-corrected chi connectivity index (χ0v) is 41.1. The Labute approximate surface area is 391 Å². The Balaban J connectivity index is 0.000000260. The molecule has 0 aliphatic heterocycles. The summed E-state index contributed by atoms with van der Waals surface area (Å²) < 4.78 is 47.5. The molecule has 9 aromatic rings. The topological polar surface area (TPSA) is 43.9 Å². The second-order valence-corrected chi connectivity index (χ2v) is 23.9. The van der Waals surface area contributed by atoms with Gasteiger partial charge in [0.15, 0.2) is 0 Å². The molecule has 0 bridgehead atoms. The first-order valence-corrected chi connectivity index (χ1v) is 25.0. The largest absolute Gasteiger partial charge is 0.501 e. The Hall–Kier alpha value is -5.46. The minimum absolute atomic E-state index is 0. The van der Waals surface area contributed by atoms with Gasteiger partial charge in [-0.3, -0.25) is 4.98 Å². The number of imidazole rings is 1. The van der Waals surface area contributed by atoms with Crippen molar-refractivity contribution >= 4 is 46.2 Å². The summed E-state index contributed by atoms with van der Waals surface area (Å²) in [6.07, 6.45) is 1.72. The van der Waals surface area contributed by atoms with Gasteiger partial charge in [0, 0.05) is 47.1 Å². The molecule has 323 valence electrons. The Morgan fingerprint density at radius 2 is 1.48 bits per heavy atom. The second kappa shape index (κ2) is 18.0. The minimum Gasteiger partial charge on any atom is -0.501 e. The zero-order valence-electron chi connectivity index (χ0n) is 40.7. The van der Waals surface area contributed by atoms with Crippen LogP contribution in [0.3, 0.4) is 0 Å². The first kappa shape index (κ1) is 41.5. The number of benzene rings is 6. The predicted molar refractivity (Wildman–Crippen MR) is 261 cm³/mol. The summed E-state index contributed by atoms with van der Waals surface area (Å²) in [7, 11) is -1.59. The van der Waals surface area contributed by atoms with Crippen molar-refractivity contribution < 1.29 is 33.0 Å². The van der Waals surface area contributed by atoms with Crippen molar-refractivity contribution in [2.24, 2.45) is 0 Å². The average molecular weight is 1030 g/mol. The van der Waals surface area contributed by atoms with Crippen molar-refractivity contribution in [1.29, 1.82) is 0 Å². The molecule has 63 heavy (non-hydrogen) atoms. The van der Waals surface area contributed by atoms with Crippen molar-refractivity contribution in [2.75, 3.05) is 0 Å². The first-order chi connectivity index (χ1) is 30.7. The van der Waals surface area contributed by atoms with Gasteiger partial charge >= 0.3 is 0 Å². The fourth-order valence-electron chi connectivity index (χ4n) is 8.22. The number of aryl methyl sites for hydroxylation is 1. The van der Waals surface area contributed by atoms with Gasteiger partial charge in [0.1, 0.15) is 11.4 Å². The molecule has 0 saturated carbocycles. The molecule has 4 nitrogen and oxygen atoms in total. The SMILES string of the molecule is CC(C)c1cc([Si](C)(C)C)cc(C(C)C)c1-n1c(-c2[c-]ccc3c2oc2cc(-c4ccccc4)c(F)cc23)nc2ccccc21.[2H]C([2H])([2H])c1c[c-]c(-c2ccccn2)cc1C(C)(C)C.[Ir]. The van der Waals surface area contributed by atoms with Crippen LogP contribution in [0.1, 0.15) is 86.7 Å². The molecule has 1 radical (unpaired) electrons. The molecule has 0 atom stereocenters. The molecule has 0 unspecified atom stereocenters. The van der Waals surface area contributed by atoms with E-state index < -0.39 is 14.9 Å². The van der Waals surface area contributed by atoms with Crippen molar-refractivity contribution in [1.82, 2.24) is 14.5 Å². The first-order valence-electron chi connectivity index (χ1n) is 23.0. The zero-order chi connectivity index (χ0) is 46.6. The standard InChI is InChI=1S/C40H38FN2OSi.C16H18N.Ir/c1-24(2)30-20-27(45(5,6)7)21-31(25(3)4)38(30)43-36-19-12-11-18-35(36)42-40(43)29-17-13-16-28-33-22-34(41)32(23-37(33)44-39(28)29)26-14-9-8-10-15-26;1-12-8-9-13(11-14(12)16(2,3)4)15-7-5-6-10-17-15;/h8-16,18-25H,1-7H3;5-8,10-11H,1-4H3;/q2*-1;/i;1D3;.